The molecule has 1 aromatic carbocycles. The van der Waals surface area contributed by atoms with Crippen molar-refractivity contribution >= 4 is 16.2 Å². The van der Waals surface area contributed by atoms with Gasteiger partial charge < -0.3 is 4.90 Å². The molecule has 2 aliphatic heterocycles. The van der Waals surface area contributed by atoms with Crippen LogP contribution in [0.1, 0.15) is 25.7 Å². The molecule has 0 aliphatic carbocycles. The van der Waals surface area contributed by atoms with Crippen LogP contribution in [0.4, 0.5) is 5.95 Å². The van der Waals surface area contributed by atoms with E-state index < -0.39 is 10.2 Å². The molecule has 9 nitrogen and oxygen atoms in total. The molecule has 0 unspecified atom stereocenters. The molecule has 0 bridgehead atoms. The van der Waals surface area contributed by atoms with Gasteiger partial charge in [-0.1, -0.05) is 29.7 Å². The summed E-state index contributed by atoms with van der Waals surface area (Å²) in [5.74, 6) is 0.651. The predicted octanol–water partition coefficient (Wildman–Crippen LogP) is 0.905. The summed E-state index contributed by atoms with van der Waals surface area (Å²) < 4.78 is 30.9. The van der Waals surface area contributed by atoms with E-state index in [0.29, 0.717) is 38.7 Å². The van der Waals surface area contributed by atoms with Crippen LogP contribution in [0.5, 0.6) is 0 Å². The lowest BCUT2D eigenvalue weighted by molar-refractivity contribution is 0.307. The fraction of sp³-hybridized carbons (Fsp3) is 0.588. The first-order valence-electron chi connectivity index (χ1n) is 9.50. The molecule has 1 aromatic heterocycles. The van der Waals surface area contributed by atoms with Gasteiger partial charge in [0.15, 0.2) is 0 Å². The quantitative estimate of drug-likeness (QED) is 0.770. The molecule has 3 heterocycles. The highest BCUT2D eigenvalue weighted by atomic mass is 32.2. The molecule has 2 fully saturated rings. The van der Waals surface area contributed by atoms with E-state index in [-0.39, 0.29) is 0 Å². The fourth-order valence-corrected chi connectivity index (χ4v) is 5.42. The van der Waals surface area contributed by atoms with Gasteiger partial charge in [-0.3, -0.25) is 0 Å². The molecule has 2 aliphatic rings. The minimum Gasteiger partial charge on any atom is -0.338 e. The molecule has 10 heteroatoms. The van der Waals surface area contributed by atoms with Crippen molar-refractivity contribution in [2.24, 2.45) is 0 Å². The van der Waals surface area contributed by atoms with E-state index >= 15 is 0 Å². The van der Waals surface area contributed by atoms with Gasteiger partial charge in [0.25, 0.3) is 10.2 Å². The van der Waals surface area contributed by atoms with Crippen LogP contribution in [0, 0.1) is 0 Å². The van der Waals surface area contributed by atoms with E-state index in [2.05, 4.69) is 20.4 Å². The number of aromatic nitrogens is 4. The fourth-order valence-electron chi connectivity index (χ4n) is 3.70. The molecule has 0 N–H and O–H groups in total. The molecular formula is C17H25N7O2S. The van der Waals surface area contributed by atoms with Crippen LogP contribution < -0.4 is 4.90 Å². The first-order chi connectivity index (χ1) is 13.2. The lowest BCUT2D eigenvalue weighted by Crippen LogP contribution is -2.47. The number of rotatable bonds is 4. The maximum Gasteiger partial charge on any atom is 0.282 e. The molecule has 0 saturated carbocycles. The summed E-state index contributed by atoms with van der Waals surface area (Å²) in [5, 5.41) is 12.1. The van der Waals surface area contributed by atoms with Crippen LogP contribution in [-0.4, -0.2) is 76.5 Å². The molecule has 146 valence electrons. The molecule has 4 rings (SSSR count). The number of nitrogens with zero attached hydrogens (tertiary/aromatic N) is 7. The SMILES string of the molecule is O=S(=O)(N1CCCCC1)N1CCCN(c2nnnn2-c2ccccc2)CC1. The normalized spacial score (nSPS) is 20.5. The van der Waals surface area contributed by atoms with Crippen LogP contribution in [0.15, 0.2) is 30.3 Å². The third-order valence-corrected chi connectivity index (χ3v) is 7.19. The van der Waals surface area contributed by atoms with Crippen molar-refractivity contribution in [3.05, 3.63) is 30.3 Å². The van der Waals surface area contributed by atoms with Crippen molar-refractivity contribution in [3.8, 4) is 5.69 Å². The third-order valence-electron chi connectivity index (χ3n) is 5.16. The molecule has 0 atom stereocenters. The zero-order chi connectivity index (χ0) is 18.7. The van der Waals surface area contributed by atoms with Gasteiger partial charge in [-0.2, -0.15) is 21.7 Å². The van der Waals surface area contributed by atoms with E-state index in [9.17, 15) is 8.42 Å². The second-order valence-electron chi connectivity index (χ2n) is 6.93. The van der Waals surface area contributed by atoms with Gasteiger partial charge >= 0.3 is 0 Å². The summed E-state index contributed by atoms with van der Waals surface area (Å²) in [5.41, 5.74) is 0.888. The van der Waals surface area contributed by atoms with Crippen molar-refractivity contribution in [1.29, 1.82) is 0 Å². The Hall–Kier alpha value is -2.04. The molecule has 2 saturated heterocycles. The van der Waals surface area contributed by atoms with Crippen molar-refractivity contribution < 1.29 is 8.42 Å². The highest BCUT2D eigenvalue weighted by Crippen LogP contribution is 2.21. The Bertz CT molecular complexity index is 849. The summed E-state index contributed by atoms with van der Waals surface area (Å²) in [4.78, 5) is 2.07. The lowest BCUT2D eigenvalue weighted by atomic mass is 10.2. The highest BCUT2D eigenvalue weighted by Gasteiger charge is 2.32. The summed E-state index contributed by atoms with van der Waals surface area (Å²) in [7, 11) is -3.38. The Labute approximate surface area is 159 Å². The first-order valence-corrected chi connectivity index (χ1v) is 10.9. The summed E-state index contributed by atoms with van der Waals surface area (Å²) in [6.07, 6.45) is 3.76. The average Bonchev–Trinajstić information content (AvgIpc) is 3.06. The van der Waals surface area contributed by atoms with Crippen molar-refractivity contribution in [3.63, 3.8) is 0 Å². The standard InChI is InChI=1S/C17H25N7O2S/c25-27(26,22-11-5-2-6-12-22)23-13-7-10-21(14-15-23)17-18-19-20-24(17)16-8-3-1-4-9-16/h1,3-4,8-9H,2,5-7,10-15H2. The third kappa shape index (κ3) is 3.83. The van der Waals surface area contributed by atoms with Gasteiger partial charge in [0.1, 0.15) is 0 Å². The maximum atomic E-state index is 13.0. The van der Waals surface area contributed by atoms with Gasteiger partial charge in [0, 0.05) is 39.3 Å². The van der Waals surface area contributed by atoms with Gasteiger partial charge in [0.05, 0.1) is 5.69 Å². The Morgan fingerprint density at radius 3 is 2.26 bits per heavy atom. The second kappa shape index (κ2) is 7.91. The Kier molecular flexibility index (Phi) is 5.37. The largest absolute Gasteiger partial charge is 0.338 e. The maximum absolute atomic E-state index is 13.0. The number of anilines is 1. The minimum absolute atomic E-state index is 0.445. The van der Waals surface area contributed by atoms with Crippen LogP contribution in [0.2, 0.25) is 0 Å². The zero-order valence-corrected chi connectivity index (χ0v) is 16.1. The Balaban J connectivity index is 1.49. The number of benzene rings is 1. The molecule has 2 aromatic rings. The number of piperidine rings is 1. The molecule has 0 radical (unpaired) electrons. The topological polar surface area (TPSA) is 87.5 Å². The Morgan fingerprint density at radius 2 is 1.48 bits per heavy atom. The number of tetrazole rings is 1. The van der Waals surface area contributed by atoms with Gasteiger partial charge in [-0.15, -0.1) is 0 Å². The monoisotopic (exact) mass is 391 g/mol. The molecule has 27 heavy (non-hydrogen) atoms. The van der Waals surface area contributed by atoms with Crippen molar-refractivity contribution in [2.45, 2.75) is 25.7 Å². The summed E-state index contributed by atoms with van der Waals surface area (Å²) in [6, 6.07) is 9.73. The van der Waals surface area contributed by atoms with Gasteiger partial charge in [-0.05, 0) is 41.8 Å². The number of para-hydroxylation sites is 1. The first kappa shape index (κ1) is 18.3. The average molecular weight is 392 g/mol. The van der Waals surface area contributed by atoms with Crippen LogP contribution in [0.25, 0.3) is 5.69 Å². The number of hydrogen-bond donors (Lipinski definition) is 0. The second-order valence-corrected chi connectivity index (χ2v) is 8.86. The van der Waals surface area contributed by atoms with E-state index in [1.807, 2.05) is 30.3 Å². The summed E-state index contributed by atoms with van der Waals surface area (Å²) >= 11 is 0. The molecule has 0 amide bonds. The predicted molar refractivity (Wildman–Crippen MR) is 102 cm³/mol. The van der Waals surface area contributed by atoms with E-state index in [1.54, 1.807) is 13.3 Å². The van der Waals surface area contributed by atoms with Crippen LogP contribution >= 0.6 is 0 Å². The smallest absolute Gasteiger partial charge is 0.282 e. The Morgan fingerprint density at radius 1 is 0.778 bits per heavy atom. The minimum atomic E-state index is -3.38. The van der Waals surface area contributed by atoms with Crippen molar-refractivity contribution in [2.75, 3.05) is 44.2 Å². The van der Waals surface area contributed by atoms with E-state index in [4.69, 9.17) is 0 Å². The van der Waals surface area contributed by atoms with Crippen LogP contribution in [0.3, 0.4) is 0 Å². The van der Waals surface area contributed by atoms with Gasteiger partial charge in [-0.25, -0.2) is 0 Å². The zero-order valence-electron chi connectivity index (χ0n) is 15.3. The van der Waals surface area contributed by atoms with Gasteiger partial charge in [0.2, 0.25) is 5.95 Å². The molecular weight excluding hydrogens is 366 g/mol. The lowest BCUT2D eigenvalue weighted by Gasteiger charge is -2.31. The van der Waals surface area contributed by atoms with E-state index in [1.165, 1.54) is 0 Å². The molecule has 0 spiro atoms. The number of hydrogen-bond acceptors (Lipinski definition) is 6. The highest BCUT2D eigenvalue weighted by molar-refractivity contribution is 7.86. The van der Waals surface area contributed by atoms with Crippen LogP contribution in [-0.2, 0) is 10.2 Å². The van der Waals surface area contributed by atoms with Crippen molar-refractivity contribution in [1.82, 2.24) is 28.8 Å². The van der Waals surface area contributed by atoms with E-state index in [0.717, 1.165) is 37.9 Å². The summed E-state index contributed by atoms with van der Waals surface area (Å²) in [6.45, 7) is 3.53.